The molecule has 5 nitrogen and oxygen atoms in total. The summed E-state index contributed by atoms with van der Waals surface area (Å²) in [6, 6.07) is 15.8. The number of hydrogen-bond donors (Lipinski definition) is 0. The first-order valence-corrected chi connectivity index (χ1v) is 9.43. The Morgan fingerprint density at radius 3 is 2.82 bits per heavy atom. The Hall–Kier alpha value is -3.18. The maximum absolute atomic E-state index is 6.28. The van der Waals surface area contributed by atoms with Gasteiger partial charge in [0.05, 0.1) is 12.6 Å². The van der Waals surface area contributed by atoms with Gasteiger partial charge in [0.15, 0.2) is 5.82 Å². The highest BCUT2D eigenvalue weighted by atomic mass is 35.5. The lowest BCUT2D eigenvalue weighted by Crippen LogP contribution is -2.16. The van der Waals surface area contributed by atoms with Gasteiger partial charge in [-0.1, -0.05) is 17.7 Å². The molecule has 4 aromatic rings. The Kier molecular flexibility index (Phi) is 4.10. The fourth-order valence-electron chi connectivity index (χ4n) is 3.62. The van der Waals surface area contributed by atoms with Crippen LogP contribution in [0.4, 0.5) is 11.5 Å². The second kappa shape index (κ2) is 6.77. The Morgan fingerprint density at radius 1 is 1.07 bits per heavy atom. The summed E-state index contributed by atoms with van der Waals surface area (Å²) in [5, 5.41) is 1.69. The molecule has 5 rings (SSSR count). The van der Waals surface area contributed by atoms with Crippen LogP contribution in [0.1, 0.15) is 5.56 Å². The third-order valence-electron chi connectivity index (χ3n) is 5.00. The van der Waals surface area contributed by atoms with E-state index in [4.69, 9.17) is 26.3 Å². The number of ether oxygens (including phenoxy) is 1. The maximum atomic E-state index is 6.28. The van der Waals surface area contributed by atoms with Crippen molar-refractivity contribution in [3.8, 4) is 17.1 Å². The molecule has 1 aliphatic rings. The molecule has 0 atom stereocenters. The van der Waals surface area contributed by atoms with Gasteiger partial charge in [0.1, 0.15) is 11.6 Å². The Balaban J connectivity index is 1.75. The van der Waals surface area contributed by atoms with E-state index in [9.17, 15) is 0 Å². The van der Waals surface area contributed by atoms with Crippen LogP contribution < -0.4 is 9.64 Å². The summed E-state index contributed by atoms with van der Waals surface area (Å²) in [5.41, 5.74) is 4.07. The third-order valence-corrected chi connectivity index (χ3v) is 5.24. The quantitative estimate of drug-likeness (QED) is 0.491. The number of fused-ring (bicyclic) bond motifs is 2. The van der Waals surface area contributed by atoms with Crippen molar-refractivity contribution in [2.24, 2.45) is 0 Å². The van der Waals surface area contributed by atoms with Crippen LogP contribution in [-0.4, -0.2) is 28.6 Å². The van der Waals surface area contributed by atoms with Gasteiger partial charge in [0, 0.05) is 46.7 Å². The molecular weight excluding hydrogens is 372 g/mol. The number of aromatic nitrogens is 3. The zero-order chi connectivity index (χ0) is 19.1. The molecule has 28 heavy (non-hydrogen) atoms. The molecule has 6 heteroatoms. The van der Waals surface area contributed by atoms with E-state index in [-0.39, 0.29) is 0 Å². The first kappa shape index (κ1) is 17.0. The van der Waals surface area contributed by atoms with Gasteiger partial charge in [0.2, 0.25) is 0 Å². The summed E-state index contributed by atoms with van der Waals surface area (Å²) in [5.74, 6) is 2.27. The molecule has 0 saturated heterocycles. The summed E-state index contributed by atoms with van der Waals surface area (Å²) in [7, 11) is 1.66. The molecule has 2 aromatic carbocycles. The third kappa shape index (κ3) is 2.84. The van der Waals surface area contributed by atoms with Gasteiger partial charge >= 0.3 is 0 Å². The van der Waals surface area contributed by atoms with Gasteiger partial charge in [0.25, 0.3) is 0 Å². The van der Waals surface area contributed by atoms with Crippen LogP contribution in [0.25, 0.3) is 22.3 Å². The van der Waals surface area contributed by atoms with Crippen LogP contribution in [0.5, 0.6) is 5.75 Å². The van der Waals surface area contributed by atoms with Gasteiger partial charge in [-0.3, -0.25) is 4.98 Å². The van der Waals surface area contributed by atoms with Crippen LogP contribution in [-0.2, 0) is 6.42 Å². The largest absolute Gasteiger partial charge is 0.497 e. The van der Waals surface area contributed by atoms with E-state index in [1.165, 1.54) is 5.56 Å². The van der Waals surface area contributed by atoms with Gasteiger partial charge in [-0.25, -0.2) is 9.97 Å². The number of rotatable bonds is 3. The smallest absolute Gasteiger partial charge is 0.163 e. The maximum Gasteiger partial charge on any atom is 0.163 e. The summed E-state index contributed by atoms with van der Waals surface area (Å²) in [6.45, 7) is 0.848. The Bertz CT molecular complexity index is 1180. The molecule has 1 aliphatic heterocycles. The highest BCUT2D eigenvalue weighted by Crippen LogP contribution is 2.39. The standard InChI is InChI=1S/C22H17ClN4O/c1-28-17-6-7-18-19(12-17)25-21(15-3-2-9-24-13-15)26-22(18)27-10-8-14-4-5-16(23)11-20(14)27/h2-7,9,11-13H,8,10H2,1H3. The normalized spacial score (nSPS) is 13.0. The molecule has 3 heterocycles. The van der Waals surface area contributed by atoms with Crippen LogP contribution >= 0.6 is 11.6 Å². The van der Waals surface area contributed by atoms with Crippen molar-refractivity contribution in [1.82, 2.24) is 15.0 Å². The molecule has 138 valence electrons. The Morgan fingerprint density at radius 2 is 2.00 bits per heavy atom. The Labute approximate surface area is 167 Å². The number of benzene rings is 2. The molecule has 0 amide bonds. The predicted octanol–water partition coefficient (Wildman–Crippen LogP) is 5.05. The minimum atomic E-state index is 0.638. The van der Waals surface area contributed by atoms with Gasteiger partial charge < -0.3 is 9.64 Å². The number of hydrogen-bond acceptors (Lipinski definition) is 5. The number of methoxy groups -OCH3 is 1. The molecule has 0 radical (unpaired) electrons. The van der Waals surface area contributed by atoms with Crippen LogP contribution in [0.3, 0.4) is 0 Å². The molecule has 2 aromatic heterocycles. The SMILES string of the molecule is COc1ccc2c(N3CCc4ccc(Cl)cc43)nc(-c3cccnc3)nc2c1. The zero-order valence-electron chi connectivity index (χ0n) is 15.3. The van der Waals surface area contributed by atoms with E-state index in [2.05, 4.69) is 16.0 Å². The van der Waals surface area contributed by atoms with E-state index in [1.807, 2.05) is 42.5 Å². The molecule has 0 aliphatic carbocycles. The lowest BCUT2D eigenvalue weighted by molar-refractivity contribution is 0.415. The van der Waals surface area contributed by atoms with Crippen molar-refractivity contribution in [3.63, 3.8) is 0 Å². The number of nitrogens with zero attached hydrogens (tertiary/aromatic N) is 4. The van der Waals surface area contributed by atoms with E-state index < -0.39 is 0 Å². The minimum Gasteiger partial charge on any atom is -0.497 e. The average Bonchev–Trinajstić information content (AvgIpc) is 3.16. The van der Waals surface area contributed by atoms with E-state index in [0.717, 1.165) is 51.7 Å². The van der Waals surface area contributed by atoms with Crippen LogP contribution in [0.2, 0.25) is 5.02 Å². The molecule has 0 saturated carbocycles. The van der Waals surface area contributed by atoms with Crippen LogP contribution in [0.15, 0.2) is 60.9 Å². The lowest BCUT2D eigenvalue weighted by atomic mass is 10.1. The van der Waals surface area contributed by atoms with Gasteiger partial charge in [-0.2, -0.15) is 0 Å². The number of anilines is 2. The van der Waals surface area contributed by atoms with E-state index in [0.29, 0.717) is 5.82 Å². The molecular formula is C22H17ClN4O. The molecule has 0 N–H and O–H groups in total. The fourth-order valence-corrected chi connectivity index (χ4v) is 3.79. The highest BCUT2D eigenvalue weighted by Gasteiger charge is 2.24. The van der Waals surface area contributed by atoms with Crippen molar-refractivity contribution in [2.75, 3.05) is 18.6 Å². The zero-order valence-corrected chi connectivity index (χ0v) is 16.0. The van der Waals surface area contributed by atoms with Crippen molar-refractivity contribution < 1.29 is 4.74 Å². The van der Waals surface area contributed by atoms with Gasteiger partial charge in [-0.05, 0) is 48.4 Å². The lowest BCUT2D eigenvalue weighted by Gasteiger charge is -2.21. The van der Waals surface area contributed by atoms with Crippen molar-refractivity contribution >= 4 is 34.0 Å². The second-order valence-corrected chi connectivity index (χ2v) is 7.11. The minimum absolute atomic E-state index is 0.638. The van der Waals surface area contributed by atoms with Gasteiger partial charge in [-0.15, -0.1) is 0 Å². The van der Waals surface area contributed by atoms with Crippen molar-refractivity contribution in [1.29, 1.82) is 0 Å². The summed E-state index contributed by atoms with van der Waals surface area (Å²) in [6.07, 6.45) is 4.48. The van der Waals surface area contributed by atoms with E-state index >= 15 is 0 Å². The molecule has 0 unspecified atom stereocenters. The number of halogens is 1. The molecule has 0 spiro atoms. The topological polar surface area (TPSA) is 51.1 Å². The van der Waals surface area contributed by atoms with Crippen LogP contribution in [0, 0.1) is 0 Å². The highest BCUT2D eigenvalue weighted by molar-refractivity contribution is 6.31. The molecule has 0 fully saturated rings. The number of pyridine rings is 1. The van der Waals surface area contributed by atoms with Crippen molar-refractivity contribution in [2.45, 2.75) is 6.42 Å². The predicted molar refractivity (Wildman–Crippen MR) is 111 cm³/mol. The first-order valence-electron chi connectivity index (χ1n) is 9.05. The monoisotopic (exact) mass is 388 g/mol. The van der Waals surface area contributed by atoms with E-state index in [1.54, 1.807) is 19.5 Å². The molecule has 0 bridgehead atoms. The van der Waals surface area contributed by atoms with Crippen molar-refractivity contribution in [3.05, 3.63) is 71.5 Å². The first-order chi connectivity index (χ1) is 13.7. The second-order valence-electron chi connectivity index (χ2n) is 6.67. The summed E-state index contributed by atoms with van der Waals surface area (Å²) < 4.78 is 5.40. The fraction of sp³-hybridized carbons (Fsp3) is 0.136. The summed E-state index contributed by atoms with van der Waals surface area (Å²) in [4.78, 5) is 16.1. The average molecular weight is 389 g/mol. The summed E-state index contributed by atoms with van der Waals surface area (Å²) >= 11 is 6.28.